The van der Waals surface area contributed by atoms with Gasteiger partial charge in [-0.3, -0.25) is 9.78 Å². The summed E-state index contributed by atoms with van der Waals surface area (Å²) in [7, 11) is 0. The van der Waals surface area contributed by atoms with Crippen LogP contribution < -0.4 is 5.32 Å². The molecular weight excluding hydrogens is 487 g/mol. The zero-order valence-corrected chi connectivity index (χ0v) is 18.4. The van der Waals surface area contributed by atoms with Crippen molar-refractivity contribution in [3.63, 3.8) is 0 Å². The van der Waals surface area contributed by atoms with E-state index >= 15 is 0 Å². The third kappa shape index (κ3) is 3.89. The van der Waals surface area contributed by atoms with Gasteiger partial charge in [0.15, 0.2) is 5.82 Å². The Morgan fingerprint density at radius 1 is 1.15 bits per heavy atom. The molecule has 3 heterocycles. The van der Waals surface area contributed by atoms with Crippen LogP contribution in [0.4, 0.5) is 17.6 Å². The maximum absolute atomic E-state index is 14.2. The monoisotopic (exact) mass is 502 g/mol. The molecule has 33 heavy (non-hydrogen) atoms. The minimum Gasteiger partial charge on any atom is -0.372 e. The number of hydrogen-bond donors (Lipinski definition) is 1. The SMILES string of the molecule is O=C(NC1CC1)c1cc2c(cn1)CN(C1=NOC(c3cc(Cl)c(F)c(Cl)c3)(C(F)(F)F)C1)C2. The highest BCUT2D eigenvalue weighted by Crippen LogP contribution is 2.50. The Bertz CT molecular complexity index is 1160. The Morgan fingerprint density at radius 3 is 2.45 bits per heavy atom. The highest BCUT2D eigenvalue weighted by atomic mass is 35.5. The molecule has 12 heteroatoms. The molecule has 174 valence electrons. The summed E-state index contributed by atoms with van der Waals surface area (Å²) in [6, 6.07) is 3.52. The average Bonchev–Trinajstić information content (AvgIpc) is 3.27. The van der Waals surface area contributed by atoms with E-state index in [1.807, 2.05) is 0 Å². The molecule has 0 spiro atoms. The van der Waals surface area contributed by atoms with Crippen molar-refractivity contribution in [1.82, 2.24) is 15.2 Å². The zero-order valence-electron chi connectivity index (χ0n) is 16.8. The number of fused-ring (bicyclic) bond motifs is 1. The van der Waals surface area contributed by atoms with Crippen LogP contribution in [0.3, 0.4) is 0 Å². The summed E-state index contributed by atoms with van der Waals surface area (Å²) >= 11 is 11.5. The molecule has 0 saturated heterocycles. The second-order valence-electron chi connectivity index (χ2n) is 8.30. The van der Waals surface area contributed by atoms with Gasteiger partial charge in [-0.25, -0.2) is 4.39 Å². The molecule has 6 nitrogen and oxygen atoms in total. The van der Waals surface area contributed by atoms with Gasteiger partial charge in [-0.05, 0) is 42.2 Å². The van der Waals surface area contributed by atoms with Crippen molar-refractivity contribution in [2.45, 2.75) is 50.2 Å². The molecule has 0 radical (unpaired) electrons. The second kappa shape index (κ2) is 7.73. The lowest BCUT2D eigenvalue weighted by Gasteiger charge is -2.30. The number of nitrogens with zero attached hydrogens (tertiary/aromatic N) is 3. The van der Waals surface area contributed by atoms with Gasteiger partial charge in [0.2, 0.25) is 0 Å². The van der Waals surface area contributed by atoms with Gasteiger partial charge in [0.05, 0.1) is 16.5 Å². The van der Waals surface area contributed by atoms with Gasteiger partial charge in [0.1, 0.15) is 11.5 Å². The van der Waals surface area contributed by atoms with Crippen LogP contribution in [-0.2, 0) is 23.5 Å². The molecule has 2 aliphatic heterocycles. The molecule has 5 rings (SSSR count). The zero-order chi connectivity index (χ0) is 23.5. The Morgan fingerprint density at radius 2 is 1.82 bits per heavy atom. The summed E-state index contributed by atoms with van der Waals surface area (Å²) in [5.41, 5.74) is -1.50. The molecule has 1 aromatic carbocycles. The maximum atomic E-state index is 14.2. The number of oxime groups is 1. The van der Waals surface area contributed by atoms with E-state index in [1.54, 1.807) is 17.2 Å². The molecular formula is C21H16Cl2F4N4O2. The fourth-order valence-corrected chi connectivity index (χ4v) is 4.41. The number of benzene rings is 1. The Hall–Kier alpha value is -2.59. The molecule has 1 atom stereocenters. The molecule has 0 bridgehead atoms. The van der Waals surface area contributed by atoms with E-state index in [-0.39, 0.29) is 36.6 Å². The summed E-state index contributed by atoms with van der Waals surface area (Å²) in [4.78, 5) is 23.0. The van der Waals surface area contributed by atoms with E-state index < -0.39 is 39.6 Å². The summed E-state index contributed by atoms with van der Waals surface area (Å²) in [6.45, 7) is 0.497. The molecule has 1 fully saturated rings. The molecule has 2 aromatic rings. The smallest absolute Gasteiger partial charge is 0.372 e. The number of nitrogens with one attached hydrogen (secondary N) is 1. The molecule has 1 aliphatic carbocycles. The van der Waals surface area contributed by atoms with Crippen molar-refractivity contribution < 1.29 is 27.2 Å². The van der Waals surface area contributed by atoms with Gasteiger partial charge in [-0.2, -0.15) is 13.2 Å². The average molecular weight is 503 g/mol. The number of pyridine rings is 1. The fourth-order valence-electron chi connectivity index (χ4n) is 3.92. The number of aromatic nitrogens is 1. The molecule has 1 saturated carbocycles. The van der Waals surface area contributed by atoms with Gasteiger partial charge >= 0.3 is 6.18 Å². The number of carbonyl (C=O) groups is 1. The van der Waals surface area contributed by atoms with E-state index in [2.05, 4.69) is 15.5 Å². The van der Waals surface area contributed by atoms with Crippen LogP contribution in [0.15, 0.2) is 29.6 Å². The summed E-state index contributed by atoms with van der Waals surface area (Å²) in [5, 5.41) is 5.49. The predicted octanol–water partition coefficient (Wildman–Crippen LogP) is 4.93. The number of halogens is 6. The molecule has 1 unspecified atom stereocenters. The van der Waals surface area contributed by atoms with E-state index in [9.17, 15) is 22.4 Å². The van der Waals surface area contributed by atoms with E-state index in [0.717, 1.165) is 36.1 Å². The van der Waals surface area contributed by atoms with E-state index in [1.165, 1.54) is 0 Å². The molecule has 1 N–H and O–H groups in total. The second-order valence-corrected chi connectivity index (χ2v) is 9.11. The Kier molecular flexibility index (Phi) is 5.20. The van der Waals surface area contributed by atoms with Crippen molar-refractivity contribution in [2.24, 2.45) is 5.16 Å². The standard InChI is InChI=1S/C21H16Cl2F4N4O2/c22-14-4-12(5-15(23)18(14)24)20(21(25,26)27)6-17(30-33-20)31-8-10-3-16(28-7-11(10)9-31)19(32)29-13-1-2-13/h3-5,7,13H,1-2,6,8-9H2,(H,29,32). The first-order valence-electron chi connectivity index (χ1n) is 10.1. The third-order valence-corrected chi connectivity index (χ3v) is 6.49. The van der Waals surface area contributed by atoms with Crippen LogP contribution in [0.5, 0.6) is 0 Å². The summed E-state index contributed by atoms with van der Waals surface area (Å²) < 4.78 is 56.4. The van der Waals surface area contributed by atoms with Gasteiger partial charge in [0.25, 0.3) is 11.5 Å². The first-order valence-corrected chi connectivity index (χ1v) is 10.8. The minimum atomic E-state index is -4.88. The van der Waals surface area contributed by atoms with Crippen LogP contribution in [0, 0.1) is 5.82 Å². The largest absolute Gasteiger partial charge is 0.435 e. The number of amidine groups is 1. The highest BCUT2D eigenvalue weighted by molar-refractivity contribution is 6.35. The van der Waals surface area contributed by atoms with Crippen molar-refractivity contribution in [2.75, 3.05) is 0 Å². The summed E-state index contributed by atoms with van der Waals surface area (Å²) in [6.07, 6.45) is -2.11. The summed E-state index contributed by atoms with van der Waals surface area (Å²) in [5.74, 6) is -1.23. The molecule has 1 aromatic heterocycles. The molecule has 3 aliphatic rings. The van der Waals surface area contributed by atoms with Crippen LogP contribution in [0.2, 0.25) is 10.0 Å². The topological polar surface area (TPSA) is 66.8 Å². The fraction of sp³-hybridized carbons (Fsp3) is 0.381. The lowest BCUT2D eigenvalue weighted by molar-refractivity contribution is -0.275. The van der Waals surface area contributed by atoms with Gasteiger partial charge in [0, 0.05) is 30.9 Å². The van der Waals surface area contributed by atoms with Crippen molar-refractivity contribution in [3.05, 3.63) is 62.6 Å². The van der Waals surface area contributed by atoms with Crippen LogP contribution in [0.25, 0.3) is 0 Å². The van der Waals surface area contributed by atoms with Gasteiger partial charge in [-0.15, -0.1) is 0 Å². The maximum Gasteiger partial charge on any atom is 0.435 e. The van der Waals surface area contributed by atoms with Crippen LogP contribution in [0.1, 0.15) is 46.4 Å². The van der Waals surface area contributed by atoms with Gasteiger partial charge in [-0.1, -0.05) is 28.4 Å². The van der Waals surface area contributed by atoms with Crippen LogP contribution >= 0.6 is 23.2 Å². The Labute approximate surface area is 195 Å². The van der Waals surface area contributed by atoms with Gasteiger partial charge < -0.3 is 15.1 Å². The molecule has 1 amide bonds. The first kappa shape index (κ1) is 22.2. The van der Waals surface area contributed by atoms with Crippen molar-refractivity contribution >= 4 is 34.9 Å². The Balaban J connectivity index is 1.38. The third-order valence-electron chi connectivity index (χ3n) is 5.94. The lowest BCUT2D eigenvalue weighted by atomic mass is 9.89. The quantitative estimate of drug-likeness (QED) is 0.477. The minimum absolute atomic E-state index is 0.0593. The number of carbonyl (C=O) groups excluding carboxylic acids is 1. The first-order chi connectivity index (χ1) is 15.6. The van der Waals surface area contributed by atoms with E-state index in [0.29, 0.717) is 0 Å². The lowest BCUT2D eigenvalue weighted by Crippen LogP contribution is -2.44. The number of hydrogen-bond acceptors (Lipinski definition) is 5. The number of amides is 1. The van der Waals surface area contributed by atoms with Crippen molar-refractivity contribution in [1.29, 1.82) is 0 Å². The van der Waals surface area contributed by atoms with Crippen molar-refractivity contribution in [3.8, 4) is 0 Å². The number of rotatable bonds is 3. The normalized spacial score (nSPS) is 22.1. The predicted molar refractivity (Wildman–Crippen MR) is 111 cm³/mol. The van der Waals surface area contributed by atoms with Crippen LogP contribution in [-0.4, -0.2) is 33.8 Å². The number of alkyl halides is 3. The highest BCUT2D eigenvalue weighted by Gasteiger charge is 2.63. The van der Waals surface area contributed by atoms with E-state index in [4.69, 9.17) is 28.0 Å².